The fourth-order valence-electron chi connectivity index (χ4n) is 3.90. The van der Waals surface area contributed by atoms with Gasteiger partial charge in [-0.3, -0.25) is 34.2 Å². The van der Waals surface area contributed by atoms with Gasteiger partial charge in [0.2, 0.25) is 11.8 Å². The Balaban J connectivity index is 1.53. The number of rotatable bonds is 4. The van der Waals surface area contributed by atoms with Crippen LogP contribution >= 0.6 is 0 Å². The van der Waals surface area contributed by atoms with E-state index in [1.807, 2.05) is 0 Å². The normalized spacial score (nSPS) is 18.1. The fourth-order valence-corrected chi connectivity index (χ4v) is 3.90. The van der Waals surface area contributed by atoms with E-state index in [1.54, 1.807) is 0 Å². The zero-order valence-corrected chi connectivity index (χ0v) is 17.2. The molecule has 1 atom stereocenters. The van der Waals surface area contributed by atoms with Gasteiger partial charge in [0.1, 0.15) is 11.9 Å². The summed E-state index contributed by atoms with van der Waals surface area (Å²) in [6.07, 6.45) is -4.98. The molecule has 8 nitrogen and oxygen atoms in total. The van der Waals surface area contributed by atoms with Crippen LogP contribution in [0.5, 0.6) is 0 Å². The molecule has 4 rings (SSSR count). The molecule has 0 aromatic heterocycles. The first-order valence-corrected chi connectivity index (χ1v) is 9.97. The van der Waals surface area contributed by atoms with Crippen molar-refractivity contribution in [2.24, 2.45) is 0 Å². The van der Waals surface area contributed by atoms with Gasteiger partial charge >= 0.3 is 6.18 Å². The van der Waals surface area contributed by atoms with Crippen LogP contribution in [-0.4, -0.2) is 40.5 Å². The molecule has 0 spiro atoms. The lowest BCUT2D eigenvalue weighted by Gasteiger charge is -2.27. The van der Waals surface area contributed by atoms with Crippen molar-refractivity contribution in [3.8, 4) is 0 Å². The molecule has 0 bridgehead atoms. The Morgan fingerprint density at radius 1 is 1.09 bits per heavy atom. The monoisotopic (exact) mass is 477 g/mol. The molecule has 1 saturated heterocycles. The predicted molar refractivity (Wildman–Crippen MR) is 106 cm³/mol. The zero-order chi connectivity index (χ0) is 24.8. The highest BCUT2D eigenvalue weighted by atomic mass is 19.4. The summed E-state index contributed by atoms with van der Waals surface area (Å²) in [5.41, 5.74) is -1.71. The van der Waals surface area contributed by atoms with E-state index in [4.69, 9.17) is 0 Å². The number of carbonyl (C=O) groups excluding carboxylic acids is 5. The molecule has 1 unspecified atom stereocenters. The van der Waals surface area contributed by atoms with E-state index in [-0.39, 0.29) is 41.6 Å². The van der Waals surface area contributed by atoms with Crippen molar-refractivity contribution in [1.29, 1.82) is 0 Å². The summed E-state index contributed by atoms with van der Waals surface area (Å²) < 4.78 is 51.9. The number of halogens is 4. The Labute approximate surface area is 188 Å². The van der Waals surface area contributed by atoms with Gasteiger partial charge in [-0.05, 0) is 36.2 Å². The molecule has 1 fully saturated rings. The summed E-state index contributed by atoms with van der Waals surface area (Å²) in [6, 6.07) is 4.83. The molecule has 5 amide bonds. The van der Waals surface area contributed by atoms with Crippen LogP contribution in [0.15, 0.2) is 36.4 Å². The number of piperidine rings is 1. The predicted octanol–water partition coefficient (Wildman–Crippen LogP) is 2.18. The Morgan fingerprint density at radius 2 is 1.82 bits per heavy atom. The molecule has 12 heteroatoms. The first-order valence-electron chi connectivity index (χ1n) is 9.97. The minimum absolute atomic E-state index is 0.00187. The third-order valence-electron chi connectivity index (χ3n) is 5.53. The molecule has 176 valence electrons. The lowest BCUT2D eigenvalue weighted by atomic mass is 10.0. The minimum atomic E-state index is -4.91. The van der Waals surface area contributed by atoms with E-state index in [0.29, 0.717) is 12.1 Å². The molecule has 2 aliphatic heterocycles. The summed E-state index contributed by atoms with van der Waals surface area (Å²) in [7, 11) is 0. The lowest BCUT2D eigenvalue weighted by molar-refractivity contribution is -0.140. The van der Waals surface area contributed by atoms with Gasteiger partial charge < -0.3 is 5.32 Å². The smallest absolute Gasteiger partial charge is 0.348 e. The third kappa shape index (κ3) is 4.02. The Kier molecular flexibility index (Phi) is 5.67. The second kappa shape index (κ2) is 8.36. The van der Waals surface area contributed by atoms with E-state index in [2.05, 4.69) is 10.6 Å². The number of alkyl halides is 3. The molecule has 2 heterocycles. The van der Waals surface area contributed by atoms with Crippen molar-refractivity contribution in [2.45, 2.75) is 31.6 Å². The van der Waals surface area contributed by atoms with E-state index in [1.165, 1.54) is 18.2 Å². The average molecular weight is 477 g/mol. The fraction of sp³-hybridized carbons (Fsp3) is 0.227. The first kappa shape index (κ1) is 23.1. The largest absolute Gasteiger partial charge is 0.419 e. The number of fused-ring (bicyclic) bond motifs is 1. The van der Waals surface area contributed by atoms with E-state index in [9.17, 15) is 41.5 Å². The lowest BCUT2D eigenvalue weighted by Crippen LogP contribution is -2.54. The summed E-state index contributed by atoms with van der Waals surface area (Å²) in [6.45, 7) is -0.299. The number of amides is 5. The topological polar surface area (TPSA) is 113 Å². The molecule has 34 heavy (non-hydrogen) atoms. The Bertz CT molecular complexity index is 1260. The number of imide groups is 2. The molecular formula is C22H15F4N3O5. The molecule has 2 aromatic carbocycles. The summed E-state index contributed by atoms with van der Waals surface area (Å²) in [5.74, 6) is -5.30. The maximum Gasteiger partial charge on any atom is 0.419 e. The van der Waals surface area contributed by atoms with Gasteiger partial charge in [0.05, 0.1) is 16.7 Å². The number of nitrogens with one attached hydrogen (secondary N) is 2. The number of carbonyl (C=O) groups is 5. The quantitative estimate of drug-likeness (QED) is 0.518. The van der Waals surface area contributed by atoms with Crippen LogP contribution in [0.4, 0.5) is 17.6 Å². The van der Waals surface area contributed by atoms with Crippen molar-refractivity contribution in [2.75, 3.05) is 0 Å². The van der Waals surface area contributed by atoms with Gasteiger partial charge in [0.15, 0.2) is 0 Å². The Hall–Kier alpha value is -4.09. The highest BCUT2D eigenvalue weighted by Crippen LogP contribution is 2.32. The van der Waals surface area contributed by atoms with Crippen molar-refractivity contribution < 1.29 is 41.5 Å². The number of hydrogen-bond acceptors (Lipinski definition) is 5. The first-order chi connectivity index (χ1) is 16.0. The highest BCUT2D eigenvalue weighted by molar-refractivity contribution is 6.24. The van der Waals surface area contributed by atoms with Crippen LogP contribution in [0.3, 0.4) is 0 Å². The van der Waals surface area contributed by atoms with E-state index in [0.717, 1.165) is 11.0 Å². The third-order valence-corrected chi connectivity index (χ3v) is 5.53. The van der Waals surface area contributed by atoms with Crippen molar-refractivity contribution in [3.05, 3.63) is 70.0 Å². The maximum absolute atomic E-state index is 13.8. The van der Waals surface area contributed by atoms with Crippen LogP contribution in [0.1, 0.15) is 55.0 Å². The second-order valence-corrected chi connectivity index (χ2v) is 7.66. The van der Waals surface area contributed by atoms with Gasteiger partial charge in [0, 0.05) is 18.5 Å². The van der Waals surface area contributed by atoms with Crippen molar-refractivity contribution >= 4 is 29.5 Å². The van der Waals surface area contributed by atoms with Crippen LogP contribution in [0.2, 0.25) is 0 Å². The second-order valence-electron chi connectivity index (χ2n) is 7.66. The standard InChI is InChI=1S/C22H15F4N3O5/c23-14-8-10(4-5-13(14)22(24,25)26)18(31)27-9-11-2-1-3-12-17(11)21(34)29(20(12)33)15-6-7-16(30)28-19(15)32/h1-5,8,15H,6-7,9H2,(H,27,31)(H,28,30,32). The molecule has 0 aliphatic carbocycles. The van der Waals surface area contributed by atoms with E-state index < -0.39 is 53.1 Å². The zero-order valence-electron chi connectivity index (χ0n) is 17.2. The van der Waals surface area contributed by atoms with Crippen LogP contribution in [0.25, 0.3) is 0 Å². The SMILES string of the molecule is O=C1CCC(N2C(=O)c3cccc(CNC(=O)c4ccc(C(F)(F)F)c(F)c4)c3C2=O)C(=O)N1. The van der Waals surface area contributed by atoms with Gasteiger partial charge in [-0.2, -0.15) is 13.2 Å². The maximum atomic E-state index is 13.8. The highest BCUT2D eigenvalue weighted by Gasteiger charge is 2.45. The van der Waals surface area contributed by atoms with Crippen LogP contribution in [0, 0.1) is 5.82 Å². The summed E-state index contributed by atoms with van der Waals surface area (Å²) in [4.78, 5) is 62.5. The summed E-state index contributed by atoms with van der Waals surface area (Å²) in [5, 5.41) is 4.46. The minimum Gasteiger partial charge on any atom is -0.348 e. The van der Waals surface area contributed by atoms with Crippen LogP contribution in [-0.2, 0) is 22.3 Å². The van der Waals surface area contributed by atoms with Gasteiger partial charge in [-0.1, -0.05) is 12.1 Å². The molecule has 2 aromatic rings. The van der Waals surface area contributed by atoms with Gasteiger partial charge in [-0.25, -0.2) is 4.39 Å². The van der Waals surface area contributed by atoms with Crippen molar-refractivity contribution in [1.82, 2.24) is 15.5 Å². The van der Waals surface area contributed by atoms with Crippen LogP contribution < -0.4 is 10.6 Å². The number of benzene rings is 2. The molecule has 2 N–H and O–H groups in total. The van der Waals surface area contributed by atoms with E-state index >= 15 is 0 Å². The summed E-state index contributed by atoms with van der Waals surface area (Å²) >= 11 is 0. The number of hydrogen-bond donors (Lipinski definition) is 2. The Morgan fingerprint density at radius 3 is 2.47 bits per heavy atom. The number of nitrogens with zero attached hydrogens (tertiary/aromatic N) is 1. The van der Waals surface area contributed by atoms with Crippen molar-refractivity contribution in [3.63, 3.8) is 0 Å². The molecule has 0 saturated carbocycles. The molecular weight excluding hydrogens is 462 g/mol. The van der Waals surface area contributed by atoms with Gasteiger partial charge in [-0.15, -0.1) is 0 Å². The average Bonchev–Trinajstić information content (AvgIpc) is 3.02. The molecule has 2 aliphatic rings. The molecule has 0 radical (unpaired) electrons. The van der Waals surface area contributed by atoms with Gasteiger partial charge in [0.25, 0.3) is 17.7 Å².